The van der Waals surface area contributed by atoms with E-state index in [-0.39, 0.29) is 17.5 Å². The SMILES string of the molecule is CC(=O)N1c2ccc(-c3ccc(C(=O)O)cc3)cc2[C@@H](C)CC1C. The molecule has 0 bridgehead atoms. The highest BCUT2D eigenvalue weighted by Crippen LogP contribution is 2.40. The fourth-order valence-corrected chi connectivity index (χ4v) is 3.61. The van der Waals surface area contributed by atoms with E-state index in [0.29, 0.717) is 5.92 Å². The summed E-state index contributed by atoms with van der Waals surface area (Å²) in [6, 6.07) is 13.2. The monoisotopic (exact) mass is 323 g/mol. The molecule has 124 valence electrons. The lowest BCUT2D eigenvalue weighted by Crippen LogP contribution is -2.41. The van der Waals surface area contributed by atoms with Crippen molar-refractivity contribution < 1.29 is 14.7 Å². The highest BCUT2D eigenvalue weighted by molar-refractivity contribution is 5.94. The first-order valence-electron chi connectivity index (χ1n) is 8.16. The van der Waals surface area contributed by atoms with Crippen LogP contribution in [0.3, 0.4) is 0 Å². The highest BCUT2D eigenvalue weighted by atomic mass is 16.4. The number of fused-ring (bicyclic) bond motifs is 1. The molecule has 0 saturated heterocycles. The van der Waals surface area contributed by atoms with Crippen LogP contribution in [0.5, 0.6) is 0 Å². The minimum atomic E-state index is -0.924. The summed E-state index contributed by atoms with van der Waals surface area (Å²) in [5.41, 5.74) is 4.45. The first-order chi connectivity index (χ1) is 11.4. The fourth-order valence-electron chi connectivity index (χ4n) is 3.61. The number of carbonyl (C=O) groups is 2. The zero-order valence-electron chi connectivity index (χ0n) is 14.1. The van der Waals surface area contributed by atoms with Gasteiger partial charge in [0.25, 0.3) is 0 Å². The predicted molar refractivity (Wildman–Crippen MR) is 94.5 cm³/mol. The summed E-state index contributed by atoms with van der Waals surface area (Å²) in [4.78, 5) is 24.8. The molecule has 0 saturated carbocycles. The second-order valence-electron chi connectivity index (χ2n) is 6.53. The topological polar surface area (TPSA) is 57.6 Å². The van der Waals surface area contributed by atoms with Crippen LogP contribution in [0.2, 0.25) is 0 Å². The number of carboxylic acid groups (broad SMARTS) is 1. The minimum absolute atomic E-state index is 0.0641. The molecule has 3 rings (SSSR count). The third-order valence-corrected chi connectivity index (χ3v) is 4.76. The number of anilines is 1. The van der Waals surface area contributed by atoms with Gasteiger partial charge in [-0.3, -0.25) is 4.79 Å². The van der Waals surface area contributed by atoms with Gasteiger partial charge in [-0.2, -0.15) is 0 Å². The van der Waals surface area contributed by atoms with Crippen LogP contribution >= 0.6 is 0 Å². The van der Waals surface area contributed by atoms with Crippen molar-refractivity contribution in [3.05, 3.63) is 53.6 Å². The van der Waals surface area contributed by atoms with E-state index in [1.807, 2.05) is 29.2 Å². The van der Waals surface area contributed by atoms with Crippen molar-refractivity contribution in [1.29, 1.82) is 0 Å². The molecule has 2 aromatic carbocycles. The van der Waals surface area contributed by atoms with Gasteiger partial charge in [0.1, 0.15) is 0 Å². The molecule has 1 unspecified atom stereocenters. The molecule has 0 aromatic heterocycles. The lowest BCUT2D eigenvalue weighted by atomic mass is 9.85. The molecule has 1 aliphatic heterocycles. The van der Waals surface area contributed by atoms with Gasteiger partial charge in [-0.1, -0.05) is 25.1 Å². The number of carbonyl (C=O) groups excluding carboxylic acids is 1. The van der Waals surface area contributed by atoms with Gasteiger partial charge in [0.15, 0.2) is 0 Å². The average molecular weight is 323 g/mol. The molecule has 0 fully saturated rings. The van der Waals surface area contributed by atoms with Crippen LogP contribution < -0.4 is 4.90 Å². The lowest BCUT2D eigenvalue weighted by Gasteiger charge is -2.38. The number of carboxylic acids is 1. The third kappa shape index (κ3) is 2.80. The van der Waals surface area contributed by atoms with Crippen molar-refractivity contribution in [3.8, 4) is 11.1 Å². The van der Waals surface area contributed by atoms with E-state index in [0.717, 1.165) is 23.2 Å². The first-order valence-corrected chi connectivity index (χ1v) is 8.16. The van der Waals surface area contributed by atoms with Gasteiger partial charge >= 0.3 is 5.97 Å². The van der Waals surface area contributed by atoms with Crippen LogP contribution in [-0.4, -0.2) is 23.0 Å². The third-order valence-electron chi connectivity index (χ3n) is 4.76. The van der Waals surface area contributed by atoms with Gasteiger partial charge in [0.2, 0.25) is 5.91 Å². The molecule has 2 atom stereocenters. The number of hydrogen-bond donors (Lipinski definition) is 1. The molecule has 1 N–H and O–H groups in total. The van der Waals surface area contributed by atoms with Crippen molar-refractivity contribution in [1.82, 2.24) is 0 Å². The Bertz CT molecular complexity index is 795. The number of benzene rings is 2. The van der Waals surface area contributed by atoms with Crippen LogP contribution in [0.25, 0.3) is 11.1 Å². The Kier molecular flexibility index (Phi) is 4.14. The minimum Gasteiger partial charge on any atom is -0.478 e. The maximum atomic E-state index is 12.0. The summed E-state index contributed by atoms with van der Waals surface area (Å²) in [5.74, 6) is -0.482. The Morgan fingerprint density at radius 2 is 1.67 bits per heavy atom. The number of nitrogens with zero attached hydrogens (tertiary/aromatic N) is 1. The lowest BCUT2D eigenvalue weighted by molar-refractivity contribution is -0.117. The summed E-state index contributed by atoms with van der Waals surface area (Å²) in [5, 5.41) is 9.01. The van der Waals surface area contributed by atoms with E-state index in [4.69, 9.17) is 5.11 Å². The van der Waals surface area contributed by atoms with E-state index in [9.17, 15) is 9.59 Å². The summed E-state index contributed by atoms with van der Waals surface area (Å²) in [6.45, 7) is 5.87. The standard InChI is InChI=1S/C20H21NO3/c1-12-10-13(2)21(14(3)22)19-9-8-17(11-18(12)19)15-4-6-16(7-5-15)20(23)24/h4-9,11-13H,10H2,1-3H3,(H,23,24)/t12-,13?/m0/s1. The summed E-state index contributed by atoms with van der Waals surface area (Å²) >= 11 is 0. The number of amides is 1. The summed E-state index contributed by atoms with van der Waals surface area (Å²) < 4.78 is 0. The maximum absolute atomic E-state index is 12.0. The van der Waals surface area contributed by atoms with E-state index >= 15 is 0 Å². The van der Waals surface area contributed by atoms with Gasteiger partial charge in [-0.25, -0.2) is 4.79 Å². The highest BCUT2D eigenvalue weighted by Gasteiger charge is 2.30. The smallest absolute Gasteiger partial charge is 0.335 e. The zero-order valence-corrected chi connectivity index (χ0v) is 14.1. The molecule has 0 radical (unpaired) electrons. The van der Waals surface area contributed by atoms with E-state index in [2.05, 4.69) is 19.9 Å². The quantitative estimate of drug-likeness (QED) is 0.896. The van der Waals surface area contributed by atoms with Crippen LogP contribution in [0.1, 0.15) is 49.0 Å². The Morgan fingerprint density at radius 3 is 2.25 bits per heavy atom. The van der Waals surface area contributed by atoms with Gasteiger partial charge < -0.3 is 10.0 Å². The molecule has 0 spiro atoms. The van der Waals surface area contributed by atoms with E-state index in [1.54, 1.807) is 19.1 Å². The molecule has 2 aromatic rings. The van der Waals surface area contributed by atoms with Crippen LogP contribution in [0, 0.1) is 0 Å². The summed E-state index contributed by atoms with van der Waals surface area (Å²) in [6.07, 6.45) is 0.938. The molecule has 1 aliphatic rings. The Balaban J connectivity index is 2.03. The Hall–Kier alpha value is -2.62. The fraction of sp³-hybridized carbons (Fsp3) is 0.300. The molecule has 0 aliphatic carbocycles. The second-order valence-corrected chi connectivity index (χ2v) is 6.53. The molecular weight excluding hydrogens is 302 g/mol. The average Bonchev–Trinajstić information content (AvgIpc) is 2.54. The van der Waals surface area contributed by atoms with Crippen LogP contribution in [0.15, 0.2) is 42.5 Å². The predicted octanol–water partition coefficient (Wildman–Crippen LogP) is 4.30. The molecule has 24 heavy (non-hydrogen) atoms. The largest absolute Gasteiger partial charge is 0.478 e. The van der Waals surface area contributed by atoms with Crippen molar-refractivity contribution in [3.63, 3.8) is 0 Å². The number of hydrogen-bond acceptors (Lipinski definition) is 2. The molecule has 4 nitrogen and oxygen atoms in total. The van der Waals surface area contributed by atoms with Crippen molar-refractivity contribution in [2.45, 2.75) is 39.2 Å². The maximum Gasteiger partial charge on any atom is 0.335 e. The molecular formula is C20H21NO3. The van der Waals surface area contributed by atoms with Crippen LogP contribution in [0.4, 0.5) is 5.69 Å². The van der Waals surface area contributed by atoms with Crippen molar-refractivity contribution in [2.75, 3.05) is 4.90 Å². The van der Waals surface area contributed by atoms with Crippen molar-refractivity contribution in [2.24, 2.45) is 0 Å². The second kappa shape index (κ2) is 6.11. The number of aromatic carboxylic acids is 1. The first kappa shape index (κ1) is 16.2. The van der Waals surface area contributed by atoms with E-state index in [1.165, 1.54) is 5.56 Å². The zero-order chi connectivity index (χ0) is 17.4. The summed E-state index contributed by atoms with van der Waals surface area (Å²) in [7, 11) is 0. The Labute approximate surface area is 141 Å². The normalized spacial score (nSPS) is 19.7. The van der Waals surface area contributed by atoms with Gasteiger partial charge in [-0.15, -0.1) is 0 Å². The molecule has 1 heterocycles. The van der Waals surface area contributed by atoms with Crippen LogP contribution in [-0.2, 0) is 4.79 Å². The molecule has 4 heteroatoms. The molecule has 1 amide bonds. The van der Waals surface area contributed by atoms with Gasteiger partial charge in [-0.05, 0) is 60.2 Å². The van der Waals surface area contributed by atoms with Gasteiger partial charge in [0, 0.05) is 18.7 Å². The van der Waals surface area contributed by atoms with Crippen molar-refractivity contribution >= 4 is 17.6 Å². The Morgan fingerprint density at radius 1 is 1.04 bits per heavy atom. The number of rotatable bonds is 2. The van der Waals surface area contributed by atoms with Gasteiger partial charge in [0.05, 0.1) is 5.56 Å². The van der Waals surface area contributed by atoms with E-state index < -0.39 is 5.97 Å².